The Morgan fingerprint density at radius 1 is 1.12 bits per heavy atom. The van der Waals surface area contributed by atoms with E-state index in [1.165, 1.54) is 12.8 Å². The van der Waals surface area contributed by atoms with Gasteiger partial charge in [-0.1, -0.05) is 37.8 Å². The molecule has 0 bridgehead atoms. The number of benzene rings is 1. The maximum absolute atomic E-state index is 13.1. The van der Waals surface area contributed by atoms with E-state index >= 15 is 0 Å². The normalized spacial score (nSPS) is 14.6. The molecule has 172 valence electrons. The highest BCUT2D eigenvalue weighted by molar-refractivity contribution is 6.01. The lowest BCUT2D eigenvalue weighted by atomic mass is 9.97. The third-order valence-corrected chi connectivity index (χ3v) is 5.92. The van der Waals surface area contributed by atoms with Gasteiger partial charge in [0, 0.05) is 30.2 Å². The molecule has 8 heteroatoms. The zero-order chi connectivity index (χ0) is 23.2. The molecule has 1 aromatic carbocycles. The van der Waals surface area contributed by atoms with Crippen molar-refractivity contribution in [2.75, 3.05) is 10.6 Å². The first-order valence-corrected chi connectivity index (χ1v) is 11.4. The van der Waals surface area contributed by atoms with Gasteiger partial charge in [0.05, 0.1) is 11.9 Å². The minimum absolute atomic E-state index is 0.221. The van der Waals surface area contributed by atoms with Crippen molar-refractivity contribution in [3.05, 3.63) is 66.1 Å². The van der Waals surface area contributed by atoms with Crippen LogP contribution in [0.3, 0.4) is 0 Å². The first kappa shape index (κ1) is 22.5. The minimum atomic E-state index is -0.615. The van der Waals surface area contributed by atoms with Crippen molar-refractivity contribution in [3.63, 3.8) is 0 Å². The highest BCUT2D eigenvalue weighted by Gasteiger charge is 2.27. The molecule has 2 heterocycles. The molecule has 3 N–H and O–H groups in total. The van der Waals surface area contributed by atoms with E-state index in [4.69, 9.17) is 0 Å². The maximum atomic E-state index is 13.1. The number of hydrogen-bond donors (Lipinski definition) is 3. The molecule has 0 spiro atoms. The molecule has 0 saturated heterocycles. The molecule has 0 radical (unpaired) electrons. The van der Waals surface area contributed by atoms with E-state index in [2.05, 4.69) is 26.0 Å². The Morgan fingerprint density at radius 2 is 1.91 bits per heavy atom. The van der Waals surface area contributed by atoms with Gasteiger partial charge < -0.3 is 16.0 Å². The summed E-state index contributed by atoms with van der Waals surface area (Å²) in [6.07, 6.45) is 8.50. The Kier molecular flexibility index (Phi) is 7.02. The SMILES string of the molecule is Cc1cccc(Nc2cccc(C(=O)N[C@@H](CC3CCCC3)C(=O)Nc3cnn(C)c3)c2)n1. The van der Waals surface area contributed by atoms with Crippen molar-refractivity contribution in [1.82, 2.24) is 20.1 Å². The van der Waals surface area contributed by atoms with E-state index < -0.39 is 6.04 Å². The van der Waals surface area contributed by atoms with Crippen LogP contribution >= 0.6 is 0 Å². The highest BCUT2D eigenvalue weighted by Crippen LogP contribution is 2.29. The topological polar surface area (TPSA) is 101 Å². The lowest BCUT2D eigenvalue weighted by Crippen LogP contribution is -2.44. The standard InChI is InChI=1S/C25H30N6O2/c1-17-7-5-12-23(27-17)28-20-11-6-10-19(14-20)24(32)30-22(13-18-8-3-4-9-18)25(33)29-21-15-26-31(2)16-21/h5-7,10-12,14-16,18,22H,3-4,8-9,13H2,1-2H3,(H,27,28)(H,29,33)(H,30,32)/t22-/m0/s1. The number of aryl methyl sites for hydroxylation is 2. The molecular weight excluding hydrogens is 416 g/mol. The Balaban J connectivity index is 1.46. The highest BCUT2D eigenvalue weighted by atomic mass is 16.2. The van der Waals surface area contributed by atoms with Crippen molar-refractivity contribution in [2.24, 2.45) is 13.0 Å². The van der Waals surface area contributed by atoms with E-state index in [9.17, 15) is 9.59 Å². The van der Waals surface area contributed by atoms with Crippen molar-refractivity contribution in [3.8, 4) is 0 Å². The van der Waals surface area contributed by atoms with Gasteiger partial charge in [-0.15, -0.1) is 0 Å². The van der Waals surface area contributed by atoms with Gasteiger partial charge in [-0.05, 0) is 49.6 Å². The second-order valence-electron chi connectivity index (χ2n) is 8.67. The summed E-state index contributed by atoms with van der Waals surface area (Å²) in [5.74, 6) is 0.652. The predicted molar refractivity (Wildman–Crippen MR) is 128 cm³/mol. The van der Waals surface area contributed by atoms with Gasteiger partial charge in [-0.3, -0.25) is 14.3 Å². The molecule has 33 heavy (non-hydrogen) atoms. The molecule has 2 aromatic heterocycles. The molecule has 3 aromatic rings. The number of anilines is 3. The molecular formula is C25H30N6O2. The van der Waals surface area contributed by atoms with E-state index in [1.54, 1.807) is 36.3 Å². The number of nitrogens with one attached hydrogen (secondary N) is 3. The fourth-order valence-corrected chi connectivity index (χ4v) is 4.27. The van der Waals surface area contributed by atoms with Crippen molar-refractivity contribution in [2.45, 2.75) is 45.1 Å². The van der Waals surface area contributed by atoms with E-state index in [0.29, 0.717) is 29.4 Å². The number of aromatic nitrogens is 3. The van der Waals surface area contributed by atoms with Gasteiger partial charge in [0.15, 0.2) is 0 Å². The van der Waals surface area contributed by atoms with Crippen molar-refractivity contribution < 1.29 is 9.59 Å². The van der Waals surface area contributed by atoms with Crippen LogP contribution < -0.4 is 16.0 Å². The maximum Gasteiger partial charge on any atom is 0.252 e. The average molecular weight is 447 g/mol. The number of carbonyl (C=O) groups is 2. The summed E-state index contributed by atoms with van der Waals surface area (Å²) in [6, 6.07) is 12.3. The summed E-state index contributed by atoms with van der Waals surface area (Å²) in [5.41, 5.74) is 2.76. The molecule has 1 atom stereocenters. The third-order valence-electron chi connectivity index (χ3n) is 5.92. The van der Waals surface area contributed by atoms with E-state index in [0.717, 1.165) is 24.2 Å². The van der Waals surface area contributed by atoms with Gasteiger partial charge in [-0.25, -0.2) is 4.98 Å². The summed E-state index contributed by atoms with van der Waals surface area (Å²) in [7, 11) is 1.79. The lowest BCUT2D eigenvalue weighted by Gasteiger charge is -2.21. The number of nitrogens with zero attached hydrogens (tertiary/aromatic N) is 3. The molecule has 1 saturated carbocycles. The molecule has 1 aliphatic carbocycles. The van der Waals surface area contributed by atoms with Crippen molar-refractivity contribution >= 4 is 29.0 Å². The van der Waals surface area contributed by atoms with Gasteiger partial charge in [-0.2, -0.15) is 5.10 Å². The molecule has 0 aliphatic heterocycles. The van der Waals surface area contributed by atoms with E-state index in [-0.39, 0.29) is 11.8 Å². The third kappa shape index (κ3) is 6.19. The molecule has 1 aliphatic rings. The zero-order valence-corrected chi connectivity index (χ0v) is 19.0. The quantitative estimate of drug-likeness (QED) is 0.482. The monoisotopic (exact) mass is 446 g/mol. The second-order valence-corrected chi connectivity index (χ2v) is 8.67. The number of hydrogen-bond acceptors (Lipinski definition) is 5. The second kappa shape index (κ2) is 10.3. The summed E-state index contributed by atoms with van der Waals surface area (Å²) in [5, 5.41) is 13.2. The Labute approximate surface area is 193 Å². The Bertz CT molecular complexity index is 1120. The minimum Gasteiger partial charge on any atom is -0.340 e. The smallest absolute Gasteiger partial charge is 0.252 e. The Morgan fingerprint density at radius 3 is 2.64 bits per heavy atom. The van der Waals surface area contributed by atoms with Gasteiger partial charge >= 0.3 is 0 Å². The number of rotatable bonds is 8. The van der Waals surface area contributed by atoms with E-state index in [1.807, 2.05) is 37.3 Å². The van der Waals surface area contributed by atoms with Crippen LogP contribution in [0.15, 0.2) is 54.9 Å². The fourth-order valence-electron chi connectivity index (χ4n) is 4.27. The molecule has 1 fully saturated rings. The Hall–Kier alpha value is -3.68. The van der Waals surface area contributed by atoms with Crippen LogP contribution in [-0.2, 0) is 11.8 Å². The van der Waals surface area contributed by atoms with Crippen LogP contribution in [0.5, 0.6) is 0 Å². The van der Waals surface area contributed by atoms with Crippen LogP contribution in [-0.4, -0.2) is 32.6 Å². The molecule has 2 amide bonds. The van der Waals surface area contributed by atoms with Crippen LogP contribution in [0.4, 0.5) is 17.2 Å². The van der Waals surface area contributed by atoms with Gasteiger partial charge in [0.2, 0.25) is 5.91 Å². The summed E-state index contributed by atoms with van der Waals surface area (Å²) in [6.45, 7) is 1.93. The molecule has 8 nitrogen and oxygen atoms in total. The summed E-state index contributed by atoms with van der Waals surface area (Å²) < 4.78 is 1.63. The van der Waals surface area contributed by atoms with Gasteiger partial charge in [0.25, 0.3) is 5.91 Å². The number of pyridine rings is 1. The number of amides is 2. The first-order chi connectivity index (χ1) is 16.0. The van der Waals surface area contributed by atoms with Crippen LogP contribution in [0.25, 0.3) is 0 Å². The number of carbonyl (C=O) groups excluding carboxylic acids is 2. The summed E-state index contributed by atoms with van der Waals surface area (Å²) in [4.78, 5) is 30.6. The average Bonchev–Trinajstić information content (AvgIpc) is 3.45. The molecule has 0 unspecified atom stereocenters. The van der Waals surface area contributed by atoms with Gasteiger partial charge in [0.1, 0.15) is 11.9 Å². The lowest BCUT2D eigenvalue weighted by molar-refractivity contribution is -0.118. The van der Waals surface area contributed by atoms with Crippen molar-refractivity contribution in [1.29, 1.82) is 0 Å². The summed E-state index contributed by atoms with van der Waals surface area (Å²) >= 11 is 0. The zero-order valence-electron chi connectivity index (χ0n) is 19.0. The molecule has 4 rings (SSSR count). The predicted octanol–water partition coefficient (Wildman–Crippen LogP) is 4.18. The van der Waals surface area contributed by atoms with Crippen LogP contribution in [0, 0.1) is 12.8 Å². The first-order valence-electron chi connectivity index (χ1n) is 11.4. The van der Waals surface area contributed by atoms with Crippen LogP contribution in [0.1, 0.15) is 48.2 Å². The van der Waals surface area contributed by atoms with Crippen LogP contribution in [0.2, 0.25) is 0 Å². The largest absolute Gasteiger partial charge is 0.340 e. The fraction of sp³-hybridized carbons (Fsp3) is 0.360.